The van der Waals surface area contributed by atoms with E-state index in [1.54, 1.807) is 26.0 Å². The van der Waals surface area contributed by atoms with Gasteiger partial charge in [-0.1, -0.05) is 28.1 Å². The first-order valence-corrected chi connectivity index (χ1v) is 6.99. The summed E-state index contributed by atoms with van der Waals surface area (Å²) < 4.78 is 5.47. The summed E-state index contributed by atoms with van der Waals surface area (Å²) in [6.07, 6.45) is 0.110. The molecule has 0 saturated carbocycles. The van der Waals surface area contributed by atoms with Crippen LogP contribution in [0, 0.1) is 0 Å². The molecule has 2 atom stereocenters. The lowest BCUT2D eigenvalue weighted by Crippen LogP contribution is -2.51. The van der Waals surface area contributed by atoms with Crippen molar-refractivity contribution < 1.29 is 14.3 Å². The third-order valence-electron chi connectivity index (χ3n) is 2.99. The van der Waals surface area contributed by atoms with Gasteiger partial charge in [0.2, 0.25) is 5.91 Å². The van der Waals surface area contributed by atoms with E-state index in [4.69, 9.17) is 5.73 Å². The summed E-state index contributed by atoms with van der Waals surface area (Å²) >= 11 is 3.33. The number of hydrogen-bond acceptors (Lipinski definition) is 4. The molecule has 1 rings (SSSR count). The zero-order valence-corrected chi connectivity index (χ0v) is 13.4. The highest BCUT2D eigenvalue weighted by Gasteiger charge is 2.31. The number of nitrogens with two attached hydrogens (primary N) is 1. The number of halogens is 1. The molecule has 0 radical (unpaired) electrons. The van der Waals surface area contributed by atoms with Gasteiger partial charge in [0.1, 0.15) is 5.54 Å². The summed E-state index contributed by atoms with van der Waals surface area (Å²) in [7, 11) is 1.31. The monoisotopic (exact) mass is 342 g/mol. The van der Waals surface area contributed by atoms with Crippen LogP contribution in [0.15, 0.2) is 28.7 Å². The molecule has 1 amide bonds. The van der Waals surface area contributed by atoms with E-state index in [2.05, 4.69) is 26.0 Å². The Balaban J connectivity index is 2.74. The summed E-state index contributed by atoms with van der Waals surface area (Å²) in [6, 6.07) is 6.88. The second kappa shape index (κ2) is 6.85. The van der Waals surface area contributed by atoms with E-state index in [9.17, 15) is 9.59 Å². The van der Waals surface area contributed by atoms with Crippen LogP contribution in [-0.2, 0) is 19.9 Å². The van der Waals surface area contributed by atoms with E-state index < -0.39 is 5.54 Å². The number of nitrogens with one attached hydrogen (secondary N) is 1. The normalized spacial score (nSPS) is 15.1. The number of carbonyl (C=O) groups is 2. The fourth-order valence-corrected chi connectivity index (χ4v) is 1.95. The van der Waals surface area contributed by atoms with E-state index >= 15 is 0 Å². The molecule has 6 heteroatoms. The number of ether oxygens (including phenoxy) is 1. The van der Waals surface area contributed by atoms with Crippen molar-refractivity contribution in [2.45, 2.75) is 31.8 Å². The van der Waals surface area contributed by atoms with Crippen LogP contribution in [0.5, 0.6) is 0 Å². The maximum atomic E-state index is 12.2. The first kappa shape index (κ1) is 16.7. The molecule has 110 valence electrons. The Kier molecular flexibility index (Phi) is 5.71. The first-order valence-electron chi connectivity index (χ1n) is 6.20. The minimum atomic E-state index is -1.16. The molecule has 1 aromatic rings. The molecule has 3 N–H and O–H groups in total. The molecule has 0 bridgehead atoms. The van der Waals surface area contributed by atoms with Crippen molar-refractivity contribution >= 4 is 27.8 Å². The van der Waals surface area contributed by atoms with Gasteiger partial charge in [-0.3, -0.25) is 9.59 Å². The number of hydrogen-bond donors (Lipinski definition) is 2. The van der Waals surface area contributed by atoms with Crippen LogP contribution in [-0.4, -0.2) is 25.0 Å². The SMILES string of the molecule is COC(=O)CC(C)NC(=O)C(C)(N)c1ccc(Br)cc1. The number of rotatable bonds is 5. The second-order valence-electron chi connectivity index (χ2n) is 4.86. The average molecular weight is 343 g/mol. The predicted molar refractivity (Wildman–Crippen MR) is 79.9 cm³/mol. The van der Waals surface area contributed by atoms with E-state index in [0.717, 1.165) is 4.47 Å². The lowest BCUT2D eigenvalue weighted by atomic mass is 9.92. The summed E-state index contributed by atoms with van der Waals surface area (Å²) in [5.74, 6) is -0.712. The van der Waals surface area contributed by atoms with E-state index in [1.165, 1.54) is 7.11 Å². The maximum Gasteiger partial charge on any atom is 0.307 e. The number of carbonyl (C=O) groups excluding carboxylic acids is 2. The van der Waals surface area contributed by atoms with Crippen LogP contribution >= 0.6 is 15.9 Å². The van der Waals surface area contributed by atoms with Crippen molar-refractivity contribution in [3.05, 3.63) is 34.3 Å². The van der Waals surface area contributed by atoms with Crippen LogP contribution < -0.4 is 11.1 Å². The molecule has 0 aliphatic carbocycles. The van der Waals surface area contributed by atoms with Gasteiger partial charge in [0.25, 0.3) is 0 Å². The van der Waals surface area contributed by atoms with Gasteiger partial charge in [0.05, 0.1) is 13.5 Å². The minimum Gasteiger partial charge on any atom is -0.469 e. The third kappa shape index (κ3) is 4.31. The van der Waals surface area contributed by atoms with Crippen molar-refractivity contribution in [2.24, 2.45) is 5.73 Å². The predicted octanol–water partition coefficient (Wildman–Crippen LogP) is 1.69. The average Bonchev–Trinajstić information content (AvgIpc) is 2.38. The van der Waals surface area contributed by atoms with Gasteiger partial charge < -0.3 is 15.8 Å². The van der Waals surface area contributed by atoms with Gasteiger partial charge in [-0.25, -0.2) is 0 Å². The van der Waals surface area contributed by atoms with Gasteiger partial charge in [0, 0.05) is 10.5 Å². The Morgan fingerprint density at radius 1 is 1.40 bits per heavy atom. The van der Waals surface area contributed by atoms with Crippen LogP contribution in [0.4, 0.5) is 0 Å². The number of benzene rings is 1. The Bertz CT molecular complexity index is 486. The molecule has 2 unspecified atom stereocenters. The van der Waals surface area contributed by atoms with Crippen molar-refractivity contribution in [1.29, 1.82) is 0 Å². The molecule has 0 fully saturated rings. The Morgan fingerprint density at radius 3 is 2.45 bits per heavy atom. The molecule has 0 aliphatic heterocycles. The maximum absolute atomic E-state index is 12.2. The number of esters is 1. The highest BCUT2D eigenvalue weighted by Crippen LogP contribution is 2.20. The molecule has 1 aromatic carbocycles. The third-order valence-corrected chi connectivity index (χ3v) is 3.52. The largest absolute Gasteiger partial charge is 0.469 e. The zero-order chi connectivity index (χ0) is 15.3. The topological polar surface area (TPSA) is 81.4 Å². The Labute approximate surface area is 127 Å². The highest BCUT2D eigenvalue weighted by atomic mass is 79.9. The molecular formula is C14H19BrN2O3. The summed E-state index contributed by atoms with van der Waals surface area (Å²) in [6.45, 7) is 3.36. The fraction of sp³-hybridized carbons (Fsp3) is 0.429. The molecule has 0 saturated heterocycles. The van der Waals surface area contributed by atoms with Gasteiger partial charge in [-0.15, -0.1) is 0 Å². The minimum absolute atomic E-state index is 0.110. The van der Waals surface area contributed by atoms with E-state index in [0.29, 0.717) is 5.56 Å². The number of amides is 1. The van der Waals surface area contributed by atoms with Gasteiger partial charge in [-0.05, 0) is 31.5 Å². The zero-order valence-electron chi connectivity index (χ0n) is 11.8. The first-order chi connectivity index (χ1) is 9.27. The summed E-state index contributed by atoms with van der Waals surface area (Å²) in [5, 5.41) is 2.72. The number of methoxy groups -OCH3 is 1. The molecule has 20 heavy (non-hydrogen) atoms. The highest BCUT2D eigenvalue weighted by molar-refractivity contribution is 9.10. The lowest BCUT2D eigenvalue weighted by molar-refractivity contribution is -0.141. The molecular weight excluding hydrogens is 324 g/mol. The van der Waals surface area contributed by atoms with Crippen LogP contribution in [0.25, 0.3) is 0 Å². The van der Waals surface area contributed by atoms with Crippen molar-refractivity contribution in [3.8, 4) is 0 Å². The fourth-order valence-electron chi connectivity index (χ4n) is 1.69. The Hall–Kier alpha value is -1.40. The smallest absolute Gasteiger partial charge is 0.307 e. The van der Waals surface area contributed by atoms with Gasteiger partial charge >= 0.3 is 5.97 Å². The van der Waals surface area contributed by atoms with E-state index in [1.807, 2.05) is 12.1 Å². The second-order valence-corrected chi connectivity index (χ2v) is 5.78. The van der Waals surface area contributed by atoms with Crippen molar-refractivity contribution in [2.75, 3.05) is 7.11 Å². The van der Waals surface area contributed by atoms with Crippen LogP contribution in [0.2, 0.25) is 0 Å². The van der Waals surface area contributed by atoms with Crippen LogP contribution in [0.1, 0.15) is 25.8 Å². The molecule has 0 heterocycles. The Morgan fingerprint density at radius 2 is 1.95 bits per heavy atom. The van der Waals surface area contributed by atoms with E-state index in [-0.39, 0.29) is 24.3 Å². The van der Waals surface area contributed by atoms with Crippen molar-refractivity contribution in [3.63, 3.8) is 0 Å². The summed E-state index contributed by atoms with van der Waals surface area (Å²) in [4.78, 5) is 23.4. The molecule has 0 spiro atoms. The van der Waals surface area contributed by atoms with Crippen molar-refractivity contribution in [1.82, 2.24) is 5.32 Å². The van der Waals surface area contributed by atoms with Gasteiger partial charge in [-0.2, -0.15) is 0 Å². The molecule has 0 aliphatic rings. The lowest BCUT2D eigenvalue weighted by Gasteiger charge is -2.26. The standard InChI is InChI=1S/C14H19BrN2O3/c1-9(8-12(18)20-3)17-13(19)14(2,16)10-4-6-11(15)7-5-10/h4-7,9H,8,16H2,1-3H3,(H,17,19). The summed E-state index contributed by atoms with van der Waals surface area (Å²) in [5.41, 5.74) is 5.64. The quantitative estimate of drug-likeness (QED) is 0.798. The molecule has 0 aromatic heterocycles. The van der Waals surface area contributed by atoms with Gasteiger partial charge in [0.15, 0.2) is 0 Å². The van der Waals surface area contributed by atoms with Crippen LogP contribution in [0.3, 0.4) is 0 Å². The molecule has 5 nitrogen and oxygen atoms in total.